The van der Waals surface area contributed by atoms with Crippen molar-refractivity contribution in [1.29, 1.82) is 0 Å². The molecule has 0 aliphatic rings. The summed E-state index contributed by atoms with van der Waals surface area (Å²) < 4.78 is 12.6. The lowest BCUT2D eigenvalue weighted by molar-refractivity contribution is 0.627. The Balaban J connectivity index is 2.43. The maximum atomic E-state index is 12.6. The largest absolute Gasteiger partial charge is 0.375 e. The van der Waals surface area contributed by atoms with Gasteiger partial charge >= 0.3 is 0 Å². The maximum absolute atomic E-state index is 12.6. The Morgan fingerprint density at radius 1 is 1.21 bits per heavy atom. The van der Waals surface area contributed by atoms with Crippen LogP contribution in [0.5, 0.6) is 0 Å². The number of benzene rings is 1. The van der Waals surface area contributed by atoms with E-state index in [2.05, 4.69) is 4.90 Å². The van der Waals surface area contributed by atoms with E-state index in [1.54, 1.807) is 12.1 Å². The Kier molecular flexibility index (Phi) is 4.74. The fraction of sp³-hybridized carbons (Fsp3) is 0.455. The third-order valence-electron chi connectivity index (χ3n) is 2.14. The highest BCUT2D eigenvalue weighted by Crippen LogP contribution is 2.13. The van der Waals surface area contributed by atoms with Crippen LogP contribution in [-0.4, -0.2) is 19.5 Å². The van der Waals surface area contributed by atoms with E-state index in [0.29, 0.717) is 5.88 Å². The number of nitrogens with zero attached hydrogens (tertiary/aromatic N) is 1. The van der Waals surface area contributed by atoms with Gasteiger partial charge in [0, 0.05) is 25.2 Å². The fourth-order valence-electron chi connectivity index (χ4n) is 1.27. The van der Waals surface area contributed by atoms with Crippen molar-refractivity contribution in [2.24, 2.45) is 0 Å². The average molecular weight is 216 g/mol. The SMILES string of the molecule is CN(CCCCCl)c1ccc(F)cc1. The molecule has 78 valence electrons. The highest BCUT2D eigenvalue weighted by atomic mass is 35.5. The molecular formula is C11H15ClFN. The van der Waals surface area contributed by atoms with Crippen molar-refractivity contribution in [2.45, 2.75) is 12.8 Å². The van der Waals surface area contributed by atoms with Crippen LogP contribution in [-0.2, 0) is 0 Å². The zero-order valence-corrected chi connectivity index (χ0v) is 9.10. The van der Waals surface area contributed by atoms with E-state index in [9.17, 15) is 4.39 Å². The van der Waals surface area contributed by atoms with Crippen molar-refractivity contribution < 1.29 is 4.39 Å². The molecule has 0 amide bonds. The normalized spacial score (nSPS) is 10.2. The van der Waals surface area contributed by atoms with Crippen LogP contribution < -0.4 is 4.90 Å². The quantitative estimate of drug-likeness (QED) is 0.538. The van der Waals surface area contributed by atoms with Crippen LogP contribution >= 0.6 is 11.6 Å². The third-order valence-corrected chi connectivity index (χ3v) is 2.41. The van der Waals surface area contributed by atoms with E-state index >= 15 is 0 Å². The molecule has 1 aromatic rings. The summed E-state index contributed by atoms with van der Waals surface area (Å²) in [6, 6.07) is 6.53. The van der Waals surface area contributed by atoms with Crippen LogP contribution in [0.4, 0.5) is 10.1 Å². The van der Waals surface area contributed by atoms with Crippen LogP contribution in [0.25, 0.3) is 0 Å². The van der Waals surface area contributed by atoms with Crippen LogP contribution in [0.3, 0.4) is 0 Å². The number of unbranched alkanes of at least 4 members (excludes halogenated alkanes) is 1. The van der Waals surface area contributed by atoms with E-state index in [0.717, 1.165) is 25.1 Å². The molecule has 0 atom stereocenters. The predicted molar refractivity (Wildman–Crippen MR) is 59.6 cm³/mol. The van der Waals surface area contributed by atoms with Crippen molar-refractivity contribution in [3.63, 3.8) is 0 Å². The molecule has 0 aliphatic heterocycles. The summed E-state index contributed by atoms with van der Waals surface area (Å²) in [4.78, 5) is 2.10. The molecule has 1 rings (SSSR count). The molecule has 14 heavy (non-hydrogen) atoms. The lowest BCUT2D eigenvalue weighted by Crippen LogP contribution is -2.18. The summed E-state index contributed by atoms with van der Waals surface area (Å²) in [5, 5.41) is 0. The fourth-order valence-corrected chi connectivity index (χ4v) is 1.46. The van der Waals surface area contributed by atoms with Crippen LogP contribution in [0.15, 0.2) is 24.3 Å². The summed E-state index contributed by atoms with van der Waals surface area (Å²) in [7, 11) is 2.00. The molecule has 0 aromatic heterocycles. The third kappa shape index (κ3) is 3.54. The van der Waals surface area contributed by atoms with E-state index in [1.165, 1.54) is 12.1 Å². The standard InChI is InChI=1S/C11H15ClFN/c1-14(9-3-2-8-12)11-6-4-10(13)5-7-11/h4-7H,2-3,8-9H2,1H3. The van der Waals surface area contributed by atoms with E-state index in [-0.39, 0.29) is 5.82 Å². The number of anilines is 1. The molecule has 1 nitrogen and oxygen atoms in total. The van der Waals surface area contributed by atoms with Crippen molar-refractivity contribution in [1.82, 2.24) is 0 Å². The van der Waals surface area contributed by atoms with Gasteiger partial charge in [0.2, 0.25) is 0 Å². The molecule has 0 N–H and O–H groups in total. The first-order chi connectivity index (χ1) is 6.74. The Hall–Kier alpha value is -0.760. The van der Waals surface area contributed by atoms with Crippen molar-refractivity contribution >= 4 is 17.3 Å². The second-order valence-corrected chi connectivity index (χ2v) is 3.67. The van der Waals surface area contributed by atoms with Crippen molar-refractivity contribution in [2.75, 3.05) is 24.4 Å². The molecule has 0 heterocycles. The Morgan fingerprint density at radius 3 is 2.43 bits per heavy atom. The lowest BCUT2D eigenvalue weighted by atomic mass is 10.2. The Bertz CT molecular complexity index is 260. The van der Waals surface area contributed by atoms with Gasteiger partial charge in [-0.2, -0.15) is 0 Å². The van der Waals surface area contributed by atoms with Gasteiger partial charge in [-0.15, -0.1) is 11.6 Å². The van der Waals surface area contributed by atoms with Gasteiger partial charge in [-0.25, -0.2) is 4.39 Å². The Labute approximate surface area is 89.5 Å². The smallest absolute Gasteiger partial charge is 0.123 e. The van der Waals surface area contributed by atoms with Crippen molar-refractivity contribution in [3.05, 3.63) is 30.1 Å². The lowest BCUT2D eigenvalue weighted by Gasteiger charge is -2.18. The molecular weight excluding hydrogens is 201 g/mol. The first-order valence-corrected chi connectivity index (χ1v) is 5.30. The minimum Gasteiger partial charge on any atom is -0.375 e. The average Bonchev–Trinajstić information content (AvgIpc) is 2.19. The zero-order valence-electron chi connectivity index (χ0n) is 8.34. The molecule has 0 spiro atoms. The summed E-state index contributed by atoms with van der Waals surface area (Å²) >= 11 is 5.58. The van der Waals surface area contributed by atoms with Gasteiger partial charge in [0.1, 0.15) is 5.82 Å². The molecule has 3 heteroatoms. The second-order valence-electron chi connectivity index (χ2n) is 3.29. The highest BCUT2D eigenvalue weighted by molar-refractivity contribution is 6.17. The molecule has 0 unspecified atom stereocenters. The minimum absolute atomic E-state index is 0.192. The van der Waals surface area contributed by atoms with Crippen molar-refractivity contribution in [3.8, 4) is 0 Å². The van der Waals surface area contributed by atoms with Gasteiger partial charge in [-0.1, -0.05) is 0 Å². The molecule has 0 saturated heterocycles. The topological polar surface area (TPSA) is 3.24 Å². The van der Waals surface area contributed by atoms with Crippen LogP contribution in [0.1, 0.15) is 12.8 Å². The second kappa shape index (κ2) is 5.86. The summed E-state index contributed by atoms with van der Waals surface area (Å²) in [5.74, 6) is 0.514. The molecule has 0 radical (unpaired) electrons. The van der Waals surface area contributed by atoms with Crippen LogP contribution in [0, 0.1) is 5.82 Å². The van der Waals surface area contributed by atoms with Gasteiger partial charge in [0.15, 0.2) is 0 Å². The van der Waals surface area contributed by atoms with Gasteiger partial charge in [-0.3, -0.25) is 0 Å². The van der Waals surface area contributed by atoms with E-state index in [4.69, 9.17) is 11.6 Å². The number of hydrogen-bond donors (Lipinski definition) is 0. The summed E-state index contributed by atoms with van der Waals surface area (Å²) in [5.41, 5.74) is 1.04. The maximum Gasteiger partial charge on any atom is 0.123 e. The number of alkyl halides is 1. The van der Waals surface area contributed by atoms with Gasteiger partial charge in [0.25, 0.3) is 0 Å². The van der Waals surface area contributed by atoms with Gasteiger partial charge < -0.3 is 4.90 Å². The first kappa shape index (κ1) is 11.3. The number of halogens is 2. The molecule has 0 aliphatic carbocycles. The van der Waals surface area contributed by atoms with E-state index < -0.39 is 0 Å². The molecule has 1 aromatic carbocycles. The van der Waals surface area contributed by atoms with Gasteiger partial charge in [-0.05, 0) is 37.1 Å². The summed E-state index contributed by atoms with van der Waals surface area (Å²) in [6.45, 7) is 0.957. The molecule has 0 fully saturated rings. The zero-order chi connectivity index (χ0) is 10.4. The predicted octanol–water partition coefficient (Wildman–Crippen LogP) is 3.28. The summed E-state index contributed by atoms with van der Waals surface area (Å²) in [6.07, 6.45) is 2.09. The molecule has 0 bridgehead atoms. The monoisotopic (exact) mass is 215 g/mol. The van der Waals surface area contributed by atoms with E-state index in [1.807, 2.05) is 7.05 Å². The van der Waals surface area contributed by atoms with Crippen LogP contribution in [0.2, 0.25) is 0 Å². The molecule has 0 saturated carbocycles. The highest BCUT2D eigenvalue weighted by Gasteiger charge is 1.99. The Morgan fingerprint density at radius 2 is 1.86 bits per heavy atom. The van der Waals surface area contributed by atoms with Gasteiger partial charge in [0.05, 0.1) is 0 Å². The number of hydrogen-bond acceptors (Lipinski definition) is 1. The first-order valence-electron chi connectivity index (χ1n) is 4.76. The number of rotatable bonds is 5. The minimum atomic E-state index is -0.192.